The van der Waals surface area contributed by atoms with Gasteiger partial charge in [0.15, 0.2) is 0 Å². The Bertz CT molecular complexity index is 1350. The first-order valence-electron chi connectivity index (χ1n) is 11.3. The number of nitrogens with zero attached hydrogens (tertiary/aromatic N) is 1. The zero-order valence-electron chi connectivity index (χ0n) is 19.1. The van der Waals surface area contributed by atoms with Gasteiger partial charge in [-0.3, -0.25) is 4.79 Å². The number of para-hydroxylation sites is 1. The van der Waals surface area contributed by atoms with E-state index in [-0.39, 0.29) is 10.8 Å². The summed E-state index contributed by atoms with van der Waals surface area (Å²) in [6, 6.07) is 20.3. The normalized spacial score (nSPS) is 22.5. The van der Waals surface area contributed by atoms with Crippen molar-refractivity contribution in [2.75, 3.05) is 11.9 Å². The molecule has 0 radical (unpaired) electrons. The molecule has 6 heteroatoms. The molecule has 3 aromatic rings. The fraction of sp³-hybridized carbons (Fsp3) is 0.296. The number of nitrogens with one attached hydrogen (secondary N) is 1. The second-order valence-electron chi connectivity index (χ2n) is 9.29. The fourth-order valence-electron chi connectivity index (χ4n) is 5.33. The lowest BCUT2D eigenvalue weighted by Gasteiger charge is -2.34. The second-order valence-corrected chi connectivity index (χ2v) is 11.2. The third-order valence-corrected chi connectivity index (χ3v) is 9.25. The van der Waals surface area contributed by atoms with Crippen LogP contribution in [0.25, 0.3) is 0 Å². The molecular formula is C27H28N2O3S. The molecule has 0 aromatic heterocycles. The highest BCUT2D eigenvalue weighted by Crippen LogP contribution is 2.50. The fourth-order valence-corrected chi connectivity index (χ4v) is 7.01. The van der Waals surface area contributed by atoms with Crippen molar-refractivity contribution in [1.82, 2.24) is 4.31 Å². The minimum absolute atomic E-state index is 0.112. The van der Waals surface area contributed by atoms with Crippen LogP contribution in [0.4, 0.5) is 5.69 Å². The van der Waals surface area contributed by atoms with Gasteiger partial charge in [0.1, 0.15) is 0 Å². The van der Waals surface area contributed by atoms with Gasteiger partial charge < -0.3 is 5.32 Å². The minimum Gasteiger partial charge on any atom is -0.325 e. The number of fused-ring (bicyclic) bond motifs is 2. The number of hydrogen-bond donors (Lipinski definition) is 1. The Morgan fingerprint density at radius 1 is 0.970 bits per heavy atom. The topological polar surface area (TPSA) is 66.5 Å². The van der Waals surface area contributed by atoms with Crippen LogP contribution in [0.3, 0.4) is 0 Å². The molecule has 33 heavy (non-hydrogen) atoms. The first-order valence-corrected chi connectivity index (χ1v) is 12.7. The van der Waals surface area contributed by atoms with Gasteiger partial charge in [-0.2, -0.15) is 4.31 Å². The third-order valence-electron chi connectivity index (χ3n) is 7.33. The van der Waals surface area contributed by atoms with Gasteiger partial charge >= 0.3 is 0 Å². The van der Waals surface area contributed by atoms with Gasteiger partial charge in [0.25, 0.3) is 0 Å². The van der Waals surface area contributed by atoms with Crippen LogP contribution in [-0.4, -0.2) is 31.2 Å². The summed E-state index contributed by atoms with van der Waals surface area (Å²) in [7, 11) is -3.78. The van der Waals surface area contributed by atoms with E-state index in [0.29, 0.717) is 19.4 Å². The van der Waals surface area contributed by atoms with E-state index in [9.17, 15) is 13.2 Å². The van der Waals surface area contributed by atoms with E-state index >= 15 is 0 Å². The molecule has 0 aliphatic carbocycles. The van der Waals surface area contributed by atoms with Crippen LogP contribution < -0.4 is 5.32 Å². The number of sulfonamides is 1. The molecule has 0 bridgehead atoms. The van der Waals surface area contributed by atoms with Crippen molar-refractivity contribution in [3.8, 4) is 0 Å². The lowest BCUT2D eigenvalue weighted by atomic mass is 9.73. The van der Waals surface area contributed by atoms with Crippen LogP contribution >= 0.6 is 0 Å². The van der Waals surface area contributed by atoms with Gasteiger partial charge in [0, 0.05) is 18.3 Å². The molecule has 2 atom stereocenters. The monoisotopic (exact) mass is 460 g/mol. The summed E-state index contributed by atoms with van der Waals surface area (Å²) in [5.41, 5.74) is 5.14. The second kappa shape index (κ2) is 7.82. The average Bonchev–Trinajstić information content (AvgIpc) is 3.31. The summed E-state index contributed by atoms with van der Waals surface area (Å²) in [5, 5.41) is 3.03. The molecule has 170 valence electrons. The van der Waals surface area contributed by atoms with Crippen LogP contribution in [-0.2, 0) is 26.7 Å². The smallest absolute Gasteiger partial charge is 0.243 e. The predicted molar refractivity (Wildman–Crippen MR) is 130 cm³/mol. The highest BCUT2D eigenvalue weighted by Gasteiger charge is 2.60. The zero-order valence-corrected chi connectivity index (χ0v) is 19.9. The molecule has 1 spiro atoms. The third kappa shape index (κ3) is 3.40. The van der Waals surface area contributed by atoms with E-state index in [2.05, 4.69) is 31.3 Å². The molecule has 5 rings (SSSR count). The summed E-state index contributed by atoms with van der Waals surface area (Å²) in [6.45, 7) is 6.35. The van der Waals surface area contributed by atoms with Crippen molar-refractivity contribution in [1.29, 1.82) is 0 Å². The van der Waals surface area contributed by atoms with Crippen LogP contribution in [0.5, 0.6) is 0 Å². The molecule has 5 nitrogen and oxygen atoms in total. The Morgan fingerprint density at radius 3 is 2.42 bits per heavy atom. The molecular weight excluding hydrogens is 432 g/mol. The Morgan fingerprint density at radius 2 is 1.70 bits per heavy atom. The number of carbonyl (C=O) groups is 1. The number of aryl methyl sites for hydroxylation is 3. The van der Waals surface area contributed by atoms with E-state index in [0.717, 1.165) is 27.9 Å². The SMILES string of the molecule is Cc1ccc(S(=O)(=O)N2CC[C@@]3(C(=O)Nc4ccccc43)[C@@H]2Cc2ccc(C)c(C)c2)cc1. The maximum Gasteiger partial charge on any atom is 0.243 e. The van der Waals surface area contributed by atoms with Gasteiger partial charge in [0.05, 0.1) is 10.3 Å². The number of anilines is 1. The summed E-state index contributed by atoms with van der Waals surface area (Å²) in [6.07, 6.45) is 0.921. The van der Waals surface area contributed by atoms with Crippen LogP contribution in [0.15, 0.2) is 71.6 Å². The van der Waals surface area contributed by atoms with Crippen molar-refractivity contribution in [2.45, 2.75) is 50.0 Å². The molecule has 2 aliphatic rings. The number of hydrogen-bond acceptors (Lipinski definition) is 3. The van der Waals surface area contributed by atoms with Gasteiger partial charge in [-0.15, -0.1) is 0 Å². The van der Waals surface area contributed by atoms with Gasteiger partial charge in [0.2, 0.25) is 15.9 Å². The Hall–Kier alpha value is -2.96. The Balaban J connectivity index is 1.65. The quantitative estimate of drug-likeness (QED) is 0.623. The van der Waals surface area contributed by atoms with Gasteiger partial charge in [-0.25, -0.2) is 8.42 Å². The summed E-state index contributed by atoms with van der Waals surface area (Å²) >= 11 is 0. The molecule has 2 aliphatic heterocycles. The summed E-state index contributed by atoms with van der Waals surface area (Å²) in [5.74, 6) is -0.112. The lowest BCUT2D eigenvalue weighted by molar-refractivity contribution is -0.121. The Kier molecular flexibility index (Phi) is 5.18. The van der Waals surface area contributed by atoms with E-state index in [1.807, 2.05) is 49.4 Å². The minimum atomic E-state index is -3.78. The predicted octanol–water partition coefficient (Wildman–Crippen LogP) is 4.51. The highest BCUT2D eigenvalue weighted by molar-refractivity contribution is 7.89. The summed E-state index contributed by atoms with van der Waals surface area (Å²) in [4.78, 5) is 13.8. The van der Waals surface area contributed by atoms with E-state index in [1.54, 1.807) is 16.4 Å². The molecule has 1 fully saturated rings. The molecule has 1 N–H and O–H groups in total. The molecule has 1 amide bonds. The van der Waals surface area contributed by atoms with Crippen LogP contribution in [0, 0.1) is 20.8 Å². The van der Waals surface area contributed by atoms with Crippen molar-refractivity contribution in [3.05, 3.63) is 94.5 Å². The van der Waals surface area contributed by atoms with E-state index < -0.39 is 21.5 Å². The zero-order chi connectivity index (χ0) is 23.4. The Labute approximate surface area is 195 Å². The maximum absolute atomic E-state index is 13.8. The largest absolute Gasteiger partial charge is 0.325 e. The highest BCUT2D eigenvalue weighted by atomic mass is 32.2. The van der Waals surface area contributed by atoms with E-state index in [4.69, 9.17) is 0 Å². The lowest BCUT2D eigenvalue weighted by Crippen LogP contribution is -2.50. The average molecular weight is 461 g/mol. The van der Waals surface area contributed by atoms with Gasteiger partial charge in [-0.05, 0) is 74.1 Å². The van der Waals surface area contributed by atoms with Crippen LogP contribution in [0.2, 0.25) is 0 Å². The van der Waals surface area contributed by atoms with Crippen molar-refractivity contribution >= 4 is 21.6 Å². The molecule has 2 heterocycles. The van der Waals surface area contributed by atoms with E-state index in [1.165, 1.54) is 5.56 Å². The number of amides is 1. The number of benzene rings is 3. The molecule has 0 saturated carbocycles. The first kappa shape index (κ1) is 21.9. The molecule has 1 saturated heterocycles. The number of carbonyl (C=O) groups excluding carboxylic acids is 1. The van der Waals surface area contributed by atoms with Crippen molar-refractivity contribution in [3.63, 3.8) is 0 Å². The maximum atomic E-state index is 13.8. The van der Waals surface area contributed by atoms with Crippen molar-refractivity contribution < 1.29 is 13.2 Å². The van der Waals surface area contributed by atoms with Crippen LogP contribution in [0.1, 0.15) is 34.2 Å². The summed E-state index contributed by atoms with van der Waals surface area (Å²) < 4.78 is 29.2. The number of rotatable bonds is 4. The molecule has 3 aromatic carbocycles. The molecule has 0 unspecified atom stereocenters. The standard InChI is InChI=1S/C27H28N2O3S/c1-18-8-12-22(13-9-18)33(31,32)29-15-14-27(23-6-4-5-7-24(23)28-26(27)30)25(29)17-21-11-10-19(2)20(3)16-21/h4-13,16,25H,14-15,17H2,1-3H3,(H,28,30)/t25-,27-/m0/s1. The van der Waals surface area contributed by atoms with Crippen molar-refractivity contribution in [2.24, 2.45) is 0 Å². The first-order chi connectivity index (χ1) is 15.7. The van der Waals surface area contributed by atoms with Gasteiger partial charge in [-0.1, -0.05) is 54.1 Å².